The Kier molecular flexibility index (Phi) is 5.12. The zero-order valence-corrected chi connectivity index (χ0v) is 14.9. The molecule has 6 nitrogen and oxygen atoms in total. The maximum atomic E-state index is 12.4. The van der Waals surface area contributed by atoms with E-state index in [-0.39, 0.29) is 17.9 Å². The van der Waals surface area contributed by atoms with E-state index in [2.05, 4.69) is 5.32 Å². The molecule has 1 unspecified atom stereocenters. The molecule has 0 aliphatic carbocycles. The Hall–Kier alpha value is -1.57. The number of esters is 1. The van der Waals surface area contributed by atoms with Crippen LogP contribution in [0.2, 0.25) is 0 Å². The summed E-state index contributed by atoms with van der Waals surface area (Å²) in [5, 5.41) is 4.00. The zero-order valence-electron chi connectivity index (χ0n) is 14.1. The summed E-state index contributed by atoms with van der Waals surface area (Å²) in [6.45, 7) is 7.42. The lowest BCUT2D eigenvalue weighted by molar-refractivity contribution is -0.126. The van der Waals surface area contributed by atoms with Crippen LogP contribution in [-0.4, -0.2) is 54.0 Å². The summed E-state index contributed by atoms with van der Waals surface area (Å²) in [5.41, 5.74) is 2.33. The van der Waals surface area contributed by atoms with Crippen LogP contribution in [0.4, 0.5) is 0 Å². The van der Waals surface area contributed by atoms with E-state index in [1.165, 1.54) is 0 Å². The van der Waals surface area contributed by atoms with Gasteiger partial charge in [0, 0.05) is 36.8 Å². The van der Waals surface area contributed by atoms with E-state index in [1.807, 2.05) is 31.5 Å². The zero-order chi connectivity index (χ0) is 17.3. The fourth-order valence-corrected chi connectivity index (χ4v) is 4.02. The number of fused-ring (bicyclic) bond motifs is 1. The number of rotatable bonds is 4. The van der Waals surface area contributed by atoms with Crippen molar-refractivity contribution < 1.29 is 19.1 Å². The first-order valence-corrected chi connectivity index (χ1v) is 9.08. The number of nitrogens with one attached hydrogen (secondary N) is 1. The van der Waals surface area contributed by atoms with E-state index in [9.17, 15) is 9.59 Å². The van der Waals surface area contributed by atoms with Gasteiger partial charge in [0.2, 0.25) is 0 Å². The van der Waals surface area contributed by atoms with E-state index < -0.39 is 6.10 Å². The molecule has 3 heterocycles. The molecule has 2 aliphatic heterocycles. The molecular weight excluding hydrogens is 328 g/mol. The maximum absolute atomic E-state index is 12.4. The van der Waals surface area contributed by atoms with Gasteiger partial charge >= 0.3 is 5.97 Å². The van der Waals surface area contributed by atoms with Crippen LogP contribution in [0.5, 0.6) is 0 Å². The predicted molar refractivity (Wildman–Crippen MR) is 92.3 cm³/mol. The third-order valence-corrected chi connectivity index (χ3v) is 5.03. The van der Waals surface area contributed by atoms with Crippen LogP contribution in [0.15, 0.2) is 17.3 Å². The van der Waals surface area contributed by atoms with Gasteiger partial charge in [0.25, 0.3) is 0 Å². The first kappa shape index (κ1) is 17.3. The summed E-state index contributed by atoms with van der Waals surface area (Å²) in [6, 6.07) is 0. The maximum Gasteiger partial charge on any atom is 0.341 e. The summed E-state index contributed by atoms with van der Waals surface area (Å²) < 4.78 is 12.8. The van der Waals surface area contributed by atoms with Gasteiger partial charge in [-0.2, -0.15) is 0 Å². The number of thioether (sulfide) groups is 1. The highest BCUT2D eigenvalue weighted by atomic mass is 32.2. The van der Waals surface area contributed by atoms with Gasteiger partial charge in [-0.25, -0.2) is 4.79 Å². The summed E-state index contributed by atoms with van der Waals surface area (Å²) in [6.07, 6.45) is 2.94. The average Bonchev–Trinajstić information content (AvgIpc) is 3.06. The number of ketones is 1. The number of aryl methyl sites for hydroxylation is 1. The number of ether oxygens (including phenoxy) is 2. The molecule has 1 saturated heterocycles. The van der Waals surface area contributed by atoms with E-state index in [0.29, 0.717) is 24.5 Å². The highest BCUT2D eigenvalue weighted by Crippen LogP contribution is 2.38. The van der Waals surface area contributed by atoms with E-state index in [0.717, 1.165) is 22.8 Å². The van der Waals surface area contributed by atoms with Crippen LogP contribution in [0, 0.1) is 6.92 Å². The van der Waals surface area contributed by atoms with Gasteiger partial charge in [-0.15, -0.1) is 11.8 Å². The molecule has 7 heteroatoms. The molecule has 24 heavy (non-hydrogen) atoms. The van der Waals surface area contributed by atoms with Gasteiger partial charge in [0.05, 0.1) is 23.3 Å². The molecule has 1 aromatic rings. The van der Waals surface area contributed by atoms with Crippen molar-refractivity contribution in [3.63, 3.8) is 0 Å². The van der Waals surface area contributed by atoms with Crippen molar-refractivity contribution in [2.24, 2.45) is 0 Å². The van der Waals surface area contributed by atoms with E-state index in [1.54, 1.807) is 17.8 Å². The summed E-state index contributed by atoms with van der Waals surface area (Å²) in [5.74, 6) is 0.308. The Morgan fingerprint density at radius 2 is 2.29 bits per heavy atom. The fraction of sp³-hybridized carbons (Fsp3) is 0.529. The number of hydrogen-bond donors (Lipinski definition) is 1. The molecule has 1 N–H and O–H groups in total. The first-order valence-electron chi connectivity index (χ1n) is 8.10. The summed E-state index contributed by atoms with van der Waals surface area (Å²) in [4.78, 5) is 24.7. The van der Waals surface area contributed by atoms with Crippen molar-refractivity contribution in [2.75, 3.05) is 25.4 Å². The molecular formula is C17H22N2O4S. The Balaban J connectivity index is 1.83. The second-order valence-corrected chi connectivity index (χ2v) is 7.17. The molecule has 1 aromatic heterocycles. The molecule has 0 aromatic carbocycles. The first-order chi connectivity index (χ1) is 11.5. The number of nitrogens with zero attached hydrogens (tertiary/aromatic N) is 1. The molecule has 1 atom stereocenters. The topological polar surface area (TPSA) is 69.6 Å². The van der Waals surface area contributed by atoms with Crippen molar-refractivity contribution in [2.45, 2.75) is 38.0 Å². The molecule has 0 spiro atoms. The highest BCUT2D eigenvalue weighted by Gasteiger charge is 2.29. The minimum Gasteiger partial charge on any atom is -0.459 e. The molecule has 1 fully saturated rings. The second-order valence-electron chi connectivity index (χ2n) is 6.21. The van der Waals surface area contributed by atoms with Gasteiger partial charge in [0.15, 0.2) is 5.78 Å². The predicted octanol–water partition coefficient (Wildman–Crippen LogP) is 1.87. The quantitative estimate of drug-likeness (QED) is 0.660. The van der Waals surface area contributed by atoms with E-state index >= 15 is 0 Å². The minimum atomic E-state index is -0.428. The van der Waals surface area contributed by atoms with Crippen LogP contribution in [0.3, 0.4) is 0 Å². The summed E-state index contributed by atoms with van der Waals surface area (Å²) >= 11 is 1.55. The summed E-state index contributed by atoms with van der Waals surface area (Å²) in [7, 11) is 0. The number of carbonyl (C=O) groups excluding carboxylic acids is 2. The Morgan fingerprint density at radius 1 is 1.50 bits per heavy atom. The van der Waals surface area contributed by atoms with Gasteiger partial charge in [-0.3, -0.25) is 4.79 Å². The lowest BCUT2D eigenvalue weighted by Gasteiger charge is -2.21. The lowest BCUT2D eigenvalue weighted by atomic mass is 10.2. The van der Waals surface area contributed by atoms with Crippen molar-refractivity contribution in [3.05, 3.63) is 23.4 Å². The largest absolute Gasteiger partial charge is 0.459 e. The highest BCUT2D eigenvalue weighted by molar-refractivity contribution is 8.00. The van der Waals surface area contributed by atoms with E-state index in [4.69, 9.17) is 9.47 Å². The third-order valence-electron chi connectivity index (χ3n) is 3.92. The molecule has 0 amide bonds. The second kappa shape index (κ2) is 7.13. The average molecular weight is 350 g/mol. The van der Waals surface area contributed by atoms with Crippen molar-refractivity contribution in [3.8, 4) is 0 Å². The van der Waals surface area contributed by atoms with Crippen LogP contribution in [0.25, 0.3) is 5.70 Å². The standard InChI is InChI=1S/C17H22N2O4S/c1-10(2)23-17(21)15-11(3)8-19-12(9-24-16(15)19)6-13(20)14-7-18-4-5-22-14/h6,8,10,14,18H,4-5,7,9H2,1-3H3/b12-6+. The van der Waals surface area contributed by atoms with Gasteiger partial charge in [-0.05, 0) is 26.3 Å². The SMILES string of the molecule is Cc1cn2c(c1C(=O)OC(C)C)SC/C2=C\C(=O)C1CNCCO1. The van der Waals surface area contributed by atoms with Gasteiger partial charge in [-0.1, -0.05) is 0 Å². The van der Waals surface area contributed by atoms with Crippen LogP contribution in [0.1, 0.15) is 29.8 Å². The molecule has 2 aliphatic rings. The van der Waals surface area contributed by atoms with Gasteiger partial charge < -0.3 is 19.4 Å². The Labute approximate surface area is 145 Å². The van der Waals surface area contributed by atoms with Crippen molar-refractivity contribution >= 4 is 29.2 Å². The fourth-order valence-electron chi connectivity index (χ4n) is 2.81. The van der Waals surface area contributed by atoms with Gasteiger partial charge in [0.1, 0.15) is 6.10 Å². The molecule has 0 radical (unpaired) electrons. The number of carbonyl (C=O) groups is 2. The van der Waals surface area contributed by atoms with Crippen molar-refractivity contribution in [1.82, 2.24) is 9.88 Å². The lowest BCUT2D eigenvalue weighted by Crippen LogP contribution is -2.42. The number of hydrogen-bond acceptors (Lipinski definition) is 6. The minimum absolute atomic E-state index is 0.0386. The molecule has 0 saturated carbocycles. The molecule has 0 bridgehead atoms. The van der Waals surface area contributed by atoms with Crippen LogP contribution >= 0.6 is 11.8 Å². The molecule has 3 rings (SSSR count). The monoisotopic (exact) mass is 350 g/mol. The van der Waals surface area contributed by atoms with Crippen molar-refractivity contribution in [1.29, 1.82) is 0 Å². The Morgan fingerprint density at radius 3 is 2.96 bits per heavy atom. The van der Waals surface area contributed by atoms with Crippen LogP contribution < -0.4 is 5.32 Å². The van der Waals surface area contributed by atoms with Crippen LogP contribution in [-0.2, 0) is 14.3 Å². The Bertz CT molecular complexity index is 687. The molecule has 130 valence electrons. The smallest absolute Gasteiger partial charge is 0.341 e. The number of aromatic nitrogens is 1. The third kappa shape index (κ3) is 3.43. The number of morpholine rings is 1. The normalized spacial score (nSPS) is 22.0.